The molecule has 0 aliphatic heterocycles. The number of benzene rings is 1. The number of carbonyl (C=O) groups is 1. The highest BCUT2D eigenvalue weighted by atomic mass is 35.5. The maximum atomic E-state index is 10.6. The van der Waals surface area contributed by atoms with Crippen molar-refractivity contribution in [2.75, 3.05) is 5.73 Å². The van der Waals surface area contributed by atoms with Crippen LogP contribution in [0.5, 0.6) is 0 Å². The maximum Gasteiger partial charge on any atom is 0.190 e. The second-order valence-electron chi connectivity index (χ2n) is 2.42. The van der Waals surface area contributed by atoms with Crippen LogP contribution in [-0.4, -0.2) is 10.6 Å². The van der Waals surface area contributed by atoms with Crippen molar-refractivity contribution in [2.45, 2.75) is 6.42 Å². The summed E-state index contributed by atoms with van der Waals surface area (Å²) in [7, 11) is 0. The Hall–Kier alpha value is -0.710. The van der Waals surface area contributed by atoms with Gasteiger partial charge in [-0.15, -0.1) is 12.6 Å². The number of carbonyl (C=O) groups excluding carboxylic acids is 1. The summed E-state index contributed by atoms with van der Waals surface area (Å²) in [5, 5.41) is 0.305. The Kier molecular flexibility index (Phi) is 4.83. The molecule has 0 saturated heterocycles. The number of thiol groups is 1. The van der Waals surface area contributed by atoms with Crippen LogP contribution >= 0.6 is 24.2 Å². The molecule has 0 unspecified atom stereocenters. The van der Waals surface area contributed by atoms with E-state index in [4.69, 9.17) is 17.3 Å². The van der Waals surface area contributed by atoms with E-state index in [1.54, 1.807) is 18.2 Å². The molecule has 4 N–H and O–H groups in total. The van der Waals surface area contributed by atoms with Gasteiger partial charge in [0.1, 0.15) is 0 Å². The van der Waals surface area contributed by atoms with Crippen molar-refractivity contribution >= 4 is 35.0 Å². The summed E-state index contributed by atoms with van der Waals surface area (Å²) in [4.78, 5) is 10.6. The van der Waals surface area contributed by atoms with Gasteiger partial charge in [-0.1, -0.05) is 17.7 Å². The van der Waals surface area contributed by atoms with Crippen molar-refractivity contribution < 1.29 is 10.3 Å². The lowest BCUT2D eigenvalue weighted by Crippen LogP contribution is -1.95. The van der Waals surface area contributed by atoms with E-state index >= 15 is 0 Å². The minimum atomic E-state index is -0.207. The summed E-state index contributed by atoms with van der Waals surface area (Å²) in [6, 6.07) is 5.05. The standard InChI is InChI=1S/C8H8ClNOS.H2O/c9-7-4-6(10)2-1-5(7)3-8(11)12;/h1-2,4H,3,10H2,(H,11,12);1H2. The first kappa shape index (κ1) is 12.3. The van der Waals surface area contributed by atoms with Crippen LogP contribution in [0.15, 0.2) is 18.2 Å². The lowest BCUT2D eigenvalue weighted by molar-refractivity contribution is -0.110. The molecule has 0 aliphatic carbocycles. The average Bonchev–Trinajstić information content (AvgIpc) is 1.94. The van der Waals surface area contributed by atoms with Crippen LogP contribution in [0, 0.1) is 0 Å². The maximum absolute atomic E-state index is 10.6. The Bertz CT molecular complexity index is 317. The zero-order valence-corrected chi connectivity index (χ0v) is 8.40. The molecule has 72 valence electrons. The van der Waals surface area contributed by atoms with E-state index in [0.717, 1.165) is 5.56 Å². The van der Waals surface area contributed by atoms with Crippen molar-refractivity contribution in [2.24, 2.45) is 0 Å². The number of halogens is 1. The van der Waals surface area contributed by atoms with Crippen molar-refractivity contribution in [3.8, 4) is 0 Å². The van der Waals surface area contributed by atoms with Crippen LogP contribution in [0.2, 0.25) is 5.02 Å². The van der Waals surface area contributed by atoms with Gasteiger partial charge in [0.2, 0.25) is 0 Å². The first-order chi connectivity index (χ1) is 5.59. The second kappa shape index (κ2) is 5.11. The molecule has 0 saturated carbocycles. The van der Waals surface area contributed by atoms with Gasteiger partial charge < -0.3 is 11.2 Å². The van der Waals surface area contributed by atoms with Crippen molar-refractivity contribution in [3.63, 3.8) is 0 Å². The van der Waals surface area contributed by atoms with E-state index in [-0.39, 0.29) is 17.0 Å². The first-order valence-electron chi connectivity index (χ1n) is 3.35. The van der Waals surface area contributed by atoms with Gasteiger partial charge in [0, 0.05) is 17.1 Å². The number of rotatable bonds is 2. The predicted octanol–water partition coefficient (Wildman–Crippen LogP) is 1.10. The fraction of sp³-hybridized carbons (Fsp3) is 0.125. The van der Waals surface area contributed by atoms with E-state index in [0.29, 0.717) is 10.7 Å². The van der Waals surface area contributed by atoms with Crippen LogP contribution in [0.25, 0.3) is 0 Å². The van der Waals surface area contributed by atoms with Crippen LogP contribution in [0.3, 0.4) is 0 Å². The van der Waals surface area contributed by atoms with Gasteiger partial charge in [-0.3, -0.25) is 4.79 Å². The Morgan fingerprint density at radius 2 is 2.15 bits per heavy atom. The number of anilines is 1. The van der Waals surface area contributed by atoms with Crippen molar-refractivity contribution in [1.29, 1.82) is 0 Å². The summed E-state index contributed by atoms with van der Waals surface area (Å²) in [5.41, 5.74) is 6.82. The van der Waals surface area contributed by atoms with Gasteiger partial charge >= 0.3 is 0 Å². The van der Waals surface area contributed by atoms with Crippen LogP contribution in [0.4, 0.5) is 5.69 Å². The summed E-state index contributed by atoms with van der Waals surface area (Å²) in [6.45, 7) is 0. The summed E-state index contributed by atoms with van der Waals surface area (Å²) >= 11 is 9.46. The average molecular weight is 220 g/mol. The van der Waals surface area contributed by atoms with Crippen LogP contribution in [0.1, 0.15) is 5.56 Å². The number of nitrogen functional groups attached to an aromatic ring is 1. The number of hydrogen-bond acceptors (Lipinski definition) is 2. The number of nitrogens with two attached hydrogens (primary N) is 1. The van der Waals surface area contributed by atoms with Crippen molar-refractivity contribution in [1.82, 2.24) is 0 Å². The molecule has 5 heteroatoms. The second-order valence-corrected chi connectivity index (χ2v) is 3.33. The van der Waals surface area contributed by atoms with Gasteiger partial charge in [0.05, 0.1) is 0 Å². The monoisotopic (exact) mass is 219 g/mol. The van der Waals surface area contributed by atoms with Gasteiger partial charge in [0.15, 0.2) is 5.12 Å². The van der Waals surface area contributed by atoms with Crippen LogP contribution < -0.4 is 5.73 Å². The lowest BCUT2D eigenvalue weighted by atomic mass is 10.1. The normalized spacial score (nSPS) is 9.08. The van der Waals surface area contributed by atoms with E-state index in [1.807, 2.05) is 0 Å². The molecular weight excluding hydrogens is 210 g/mol. The first-order valence-corrected chi connectivity index (χ1v) is 4.18. The third-order valence-electron chi connectivity index (χ3n) is 1.42. The van der Waals surface area contributed by atoms with E-state index < -0.39 is 0 Å². The molecule has 0 radical (unpaired) electrons. The minimum absolute atomic E-state index is 0. The third kappa shape index (κ3) is 3.67. The molecule has 3 nitrogen and oxygen atoms in total. The molecule has 1 aromatic carbocycles. The zero-order valence-electron chi connectivity index (χ0n) is 6.75. The lowest BCUT2D eigenvalue weighted by Gasteiger charge is -2.01. The molecule has 1 rings (SSSR count). The highest BCUT2D eigenvalue weighted by Crippen LogP contribution is 2.19. The molecule has 13 heavy (non-hydrogen) atoms. The molecule has 0 atom stereocenters. The van der Waals surface area contributed by atoms with E-state index in [9.17, 15) is 4.79 Å². The SMILES string of the molecule is Nc1ccc(CC(=O)S)c(Cl)c1.O. The molecule has 1 aromatic rings. The Morgan fingerprint density at radius 1 is 1.54 bits per heavy atom. The Labute approximate surface area is 86.6 Å². The molecule has 0 bridgehead atoms. The van der Waals surface area contributed by atoms with Gasteiger partial charge in [-0.05, 0) is 17.7 Å². The topological polar surface area (TPSA) is 74.6 Å². The molecule has 0 amide bonds. The fourth-order valence-electron chi connectivity index (χ4n) is 0.870. The van der Waals surface area contributed by atoms with Gasteiger partial charge in [-0.2, -0.15) is 0 Å². The summed E-state index contributed by atoms with van der Waals surface area (Å²) < 4.78 is 0. The van der Waals surface area contributed by atoms with E-state index in [2.05, 4.69) is 12.6 Å². The number of hydrogen-bond donors (Lipinski definition) is 2. The molecule has 0 aromatic heterocycles. The molecule has 0 spiro atoms. The molecule has 0 heterocycles. The Morgan fingerprint density at radius 3 is 2.62 bits per heavy atom. The zero-order chi connectivity index (χ0) is 9.14. The highest BCUT2D eigenvalue weighted by molar-refractivity contribution is 7.96. The summed E-state index contributed by atoms with van der Waals surface area (Å²) in [5.74, 6) is 0. The molecule has 0 fully saturated rings. The fourth-order valence-corrected chi connectivity index (χ4v) is 1.30. The predicted molar refractivity (Wildman–Crippen MR) is 57.2 cm³/mol. The Balaban J connectivity index is 0.00000144. The quantitative estimate of drug-likeness (QED) is 0.577. The minimum Gasteiger partial charge on any atom is -0.412 e. The summed E-state index contributed by atoms with van der Waals surface area (Å²) in [6.07, 6.45) is 0.238. The molecular formula is C8H10ClNO2S. The van der Waals surface area contributed by atoms with Crippen molar-refractivity contribution in [3.05, 3.63) is 28.8 Å². The van der Waals surface area contributed by atoms with Crippen LogP contribution in [-0.2, 0) is 11.2 Å². The van der Waals surface area contributed by atoms with Gasteiger partial charge in [-0.25, -0.2) is 0 Å². The van der Waals surface area contributed by atoms with Gasteiger partial charge in [0.25, 0.3) is 0 Å². The largest absolute Gasteiger partial charge is 0.412 e. The third-order valence-corrected chi connectivity index (χ3v) is 1.93. The smallest absolute Gasteiger partial charge is 0.190 e. The molecule has 0 aliphatic rings. The van der Waals surface area contributed by atoms with E-state index in [1.165, 1.54) is 0 Å². The highest BCUT2D eigenvalue weighted by Gasteiger charge is 2.03.